The Hall–Kier alpha value is -2.34. The normalized spacial score (nSPS) is 10.1. The number of hydrogen-bond acceptors (Lipinski definition) is 5. The van der Waals surface area contributed by atoms with Gasteiger partial charge in [-0.05, 0) is 24.3 Å². The van der Waals surface area contributed by atoms with E-state index in [-0.39, 0.29) is 17.2 Å². The first-order valence-corrected chi connectivity index (χ1v) is 7.14. The zero-order valence-electron chi connectivity index (χ0n) is 11.3. The van der Waals surface area contributed by atoms with Gasteiger partial charge in [-0.3, -0.25) is 14.9 Å². The highest BCUT2D eigenvalue weighted by Crippen LogP contribution is 2.24. The van der Waals surface area contributed by atoms with Crippen LogP contribution in [0, 0.1) is 10.1 Å². The number of thioether (sulfide) groups is 1. The van der Waals surface area contributed by atoms with Gasteiger partial charge in [0.05, 0.1) is 23.3 Å². The third kappa shape index (κ3) is 3.82. The average molecular weight is 303 g/mol. The summed E-state index contributed by atoms with van der Waals surface area (Å²) < 4.78 is 5.16. The van der Waals surface area contributed by atoms with E-state index in [1.54, 1.807) is 36.4 Å². The summed E-state index contributed by atoms with van der Waals surface area (Å²) in [6.07, 6.45) is 0. The van der Waals surface area contributed by atoms with Crippen molar-refractivity contribution in [3.8, 4) is 5.75 Å². The quantitative estimate of drug-likeness (QED) is 0.353. The number of ether oxygens (including phenoxy) is 1. The molecule has 0 aromatic heterocycles. The molecule has 0 radical (unpaired) electrons. The van der Waals surface area contributed by atoms with Gasteiger partial charge in [0.1, 0.15) is 5.75 Å². The lowest BCUT2D eigenvalue weighted by Gasteiger charge is -2.07. The molecule has 0 bridgehead atoms. The Labute approximate surface area is 126 Å². The van der Waals surface area contributed by atoms with Crippen LogP contribution in [0.3, 0.4) is 0 Å². The van der Waals surface area contributed by atoms with Crippen LogP contribution in [0.2, 0.25) is 0 Å². The molecule has 21 heavy (non-hydrogen) atoms. The molecule has 0 atom stereocenters. The van der Waals surface area contributed by atoms with Crippen molar-refractivity contribution in [2.24, 2.45) is 0 Å². The molecule has 2 rings (SSSR count). The van der Waals surface area contributed by atoms with E-state index < -0.39 is 4.92 Å². The summed E-state index contributed by atoms with van der Waals surface area (Å²) in [5.74, 6) is 0.751. The fraction of sp³-hybridized carbons (Fsp3) is 0.133. The summed E-state index contributed by atoms with van der Waals surface area (Å²) in [5, 5.41) is 10.6. The topological polar surface area (TPSA) is 69.4 Å². The van der Waals surface area contributed by atoms with Crippen molar-refractivity contribution in [3.05, 3.63) is 64.2 Å². The molecule has 0 aliphatic heterocycles. The Morgan fingerprint density at radius 3 is 2.48 bits per heavy atom. The second kappa shape index (κ2) is 6.90. The highest BCUT2D eigenvalue weighted by atomic mass is 32.2. The minimum Gasteiger partial charge on any atom is -0.496 e. The predicted octanol–water partition coefficient (Wildman–Crippen LogP) is 3.58. The number of methoxy groups -OCH3 is 1. The van der Waals surface area contributed by atoms with E-state index in [9.17, 15) is 14.9 Å². The summed E-state index contributed by atoms with van der Waals surface area (Å²) in [4.78, 5) is 23.1. The molecule has 6 heteroatoms. The fourth-order valence-electron chi connectivity index (χ4n) is 1.77. The van der Waals surface area contributed by atoms with Crippen LogP contribution in [0.25, 0.3) is 0 Å². The molecular formula is C15H13NO4S. The Morgan fingerprint density at radius 2 is 1.86 bits per heavy atom. The van der Waals surface area contributed by atoms with E-state index in [4.69, 9.17) is 4.74 Å². The van der Waals surface area contributed by atoms with Crippen LogP contribution in [-0.4, -0.2) is 23.6 Å². The summed E-state index contributed by atoms with van der Waals surface area (Å²) in [6.45, 7) is 0. The van der Waals surface area contributed by atoms with Crippen molar-refractivity contribution in [1.29, 1.82) is 0 Å². The maximum Gasteiger partial charge on any atom is 0.269 e. The first-order valence-electron chi connectivity index (χ1n) is 6.15. The molecule has 5 nitrogen and oxygen atoms in total. The van der Waals surface area contributed by atoms with E-state index in [1.807, 2.05) is 0 Å². The van der Waals surface area contributed by atoms with Crippen LogP contribution in [0.15, 0.2) is 53.4 Å². The molecule has 0 saturated carbocycles. The van der Waals surface area contributed by atoms with Gasteiger partial charge in [-0.2, -0.15) is 0 Å². The monoisotopic (exact) mass is 303 g/mol. The van der Waals surface area contributed by atoms with Gasteiger partial charge < -0.3 is 4.74 Å². The largest absolute Gasteiger partial charge is 0.496 e. The first kappa shape index (κ1) is 15.1. The number of ketones is 1. The zero-order chi connectivity index (χ0) is 15.2. The molecule has 0 saturated heterocycles. The van der Waals surface area contributed by atoms with Crippen molar-refractivity contribution in [3.63, 3.8) is 0 Å². The second-order valence-corrected chi connectivity index (χ2v) is 5.21. The second-order valence-electron chi connectivity index (χ2n) is 4.16. The third-order valence-electron chi connectivity index (χ3n) is 2.82. The number of Topliss-reactive ketones (excluding diaryl/α,β-unsaturated/α-hetero) is 1. The van der Waals surface area contributed by atoms with Gasteiger partial charge in [-0.15, -0.1) is 11.8 Å². The van der Waals surface area contributed by atoms with Crippen LogP contribution in [-0.2, 0) is 0 Å². The number of non-ortho nitro benzene ring substituents is 1. The fourth-order valence-corrected chi connectivity index (χ4v) is 2.55. The molecule has 108 valence electrons. The van der Waals surface area contributed by atoms with Crippen LogP contribution >= 0.6 is 11.8 Å². The van der Waals surface area contributed by atoms with Gasteiger partial charge in [-0.25, -0.2) is 0 Å². The Balaban J connectivity index is 2.02. The van der Waals surface area contributed by atoms with Crippen molar-refractivity contribution in [1.82, 2.24) is 0 Å². The highest BCUT2D eigenvalue weighted by molar-refractivity contribution is 8.00. The third-order valence-corrected chi connectivity index (χ3v) is 3.84. The molecule has 0 heterocycles. The van der Waals surface area contributed by atoms with E-state index in [0.717, 1.165) is 4.90 Å². The Kier molecular flexibility index (Phi) is 4.94. The predicted molar refractivity (Wildman–Crippen MR) is 81.1 cm³/mol. The summed E-state index contributed by atoms with van der Waals surface area (Å²) in [7, 11) is 1.52. The number of nitro benzene ring substituents is 1. The van der Waals surface area contributed by atoms with Crippen molar-refractivity contribution >= 4 is 23.2 Å². The number of nitrogens with zero attached hydrogens (tertiary/aromatic N) is 1. The molecular weight excluding hydrogens is 290 g/mol. The number of para-hydroxylation sites is 1. The minimum absolute atomic E-state index is 0.0374. The van der Waals surface area contributed by atoms with E-state index in [2.05, 4.69) is 0 Å². The smallest absolute Gasteiger partial charge is 0.269 e. The maximum atomic E-state index is 12.2. The SMILES string of the molecule is COc1ccccc1C(=O)CSc1ccc([N+](=O)[O-])cc1. The van der Waals surface area contributed by atoms with Gasteiger partial charge in [0, 0.05) is 17.0 Å². The van der Waals surface area contributed by atoms with Gasteiger partial charge in [0.15, 0.2) is 5.78 Å². The average Bonchev–Trinajstić information content (AvgIpc) is 2.52. The summed E-state index contributed by atoms with van der Waals surface area (Å²) in [5.41, 5.74) is 0.574. The molecule has 2 aromatic rings. The van der Waals surface area contributed by atoms with Gasteiger partial charge in [0.2, 0.25) is 0 Å². The van der Waals surface area contributed by atoms with Crippen molar-refractivity contribution in [2.45, 2.75) is 4.90 Å². The van der Waals surface area contributed by atoms with Crippen molar-refractivity contribution < 1.29 is 14.5 Å². The van der Waals surface area contributed by atoms with Crippen LogP contribution < -0.4 is 4.74 Å². The number of hydrogen-bond donors (Lipinski definition) is 0. The molecule has 0 fully saturated rings. The van der Waals surface area contributed by atoms with E-state index in [1.165, 1.54) is 31.0 Å². The standard InChI is InChI=1S/C15H13NO4S/c1-20-15-5-3-2-4-13(15)14(17)10-21-12-8-6-11(7-9-12)16(18)19/h2-9H,10H2,1H3. The molecule has 2 aromatic carbocycles. The molecule has 0 aliphatic rings. The van der Waals surface area contributed by atoms with Crippen LogP contribution in [0.4, 0.5) is 5.69 Å². The summed E-state index contributed by atoms with van der Waals surface area (Å²) in [6, 6.07) is 13.2. The van der Waals surface area contributed by atoms with Crippen LogP contribution in [0.5, 0.6) is 5.75 Å². The number of rotatable bonds is 6. The summed E-state index contributed by atoms with van der Waals surface area (Å²) >= 11 is 1.34. The van der Waals surface area contributed by atoms with Gasteiger partial charge in [-0.1, -0.05) is 12.1 Å². The maximum absolute atomic E-state index is 12.2. The Bertz CT molecular complexity index is 655. The number of carbonyl (C=O) groups is 1. The first-order chi connectivity index (χ1) is 10.1. The minimum atomic E-state index is -0.450. The van der Waals surface area contributed by atoms with Gasteiger partial charge >= 0.3 is 0 Å². The molecule has 0 spiro atoms. The van der Waals surface area contributed by atoms with E-state index in [0.29, 0.717) is 11.3 Å². The number of benzene rings is 2. The lowest BCUT2D eigenvalue weighted by Crippen LogP contribution is -2.04. The van der Waals surface area contributed by atoms with Crippen LogP contribution in [0.1, 0.15) is 10.4 Å². The van der Waals surface area contributed by atoms with Gasteiger partial charge in [0.25, 0.3) is 5.69 Å². The lowest BCUT2D eigenvalue weighted by molar-refractivity contribution is -0.384. The number of nitro groups is 1. The zero-order valence-corrected chi connectivity index (χ0v) is 12.1. The highest BCUT2D eigenvalue weighted by Gasteiger charge is 2.12. The molecule has 0 aliphatic carbocycles. The molecule has 0 N–H and O–H groups in total. The molecule has 0 unspecified atom stereocenters. The van der Waals surface area contributed by atoms with E-state index >= 15 is 0 Å². The Morgan fingerprint density at radius 1 is 1.19 bits per heavy atom. The lowest BCUT2D eigenvalue weighted by atomic mass is 10.1. The number of carbonyl (C=O) groups excluding carboxylic acids is 1. The molecule has 0 amide bonds. The van der Waals surface area contributed by atoms with Crippen molar-refractivity contribution in [2.75, 3.05) is 12.9 Å².